The molecule has 0 aromatic carbocycles. The maximum atomic E-state index is 12.9. The number of fused-ring (bicyclic) bond motifs is 1. The second-order valence-electron chi connectivity index (χ2n) is 7.09. The normalized spacial score (nSPS) is 26.6. The Balaban J connectivity index is 1.80. The van der Waals surface area contributed by atoms with Gasteiger partial charge in [-0.3, -0.25) is 9.59 Å². The Morgan fingerprint density at radius 2 is 2.04 bits per heavy atom. The van der Waals surface area contributed by atoms with Crippen LogP contribution in [0.4, 0.5) is 0 Å². The van der Waals surface area contributed by atoms with Gasteiger partial charge in [0.05, 0.1) is 12.3 Å². The molecule has 2 aliphatic heterocycles. The van der Waals surface area contributed by atoms with Gasteiger partial charge in [-0.25, -0.2) is 0 Å². The van der Waals surface area contributed by atoms with Crippen molar-refractivity contribution >= 4 is 11.8 Å². The molecule has 2 saturated heterocycles. The SMILES string of the molecule is COC[C@@]12CCN(C(=O)c3c(C)noc3C)C[C@@H]1CN(C(C)=O)C2. The van der Waals surface area contributed by atoms with E-state index in [1.165, 1.54) is 0 Å². The predicted molar refractivity (Wildman–Crippen MR) is 86.6 cm³/mol. The zero-order chi connectivity index (χ0) is 17.5. The number of nitrogens with zero attached hydrogens (tertiary/aromatic N) is 3. The fraction of sp³-hybridized carbons (Fsp3) is 0.706. The third kappa shape index (κ3) is 2.70. The van der Waals surface area contributed by atoms with Crippen molar-refractivity contribution in [2.75, 3.05) is 39.9 Å². The molecule has 2 atom stereocenters. The van der Waals surface area contributed by atoms with E-state index in [0.717, 1.165) is 6.42 Å². The molecule has 1 aromatic heterocycles. The number of hydrogen-bond donors (Lipinski definition) is 0. The van der Waals surface area contributed by atoms with Gasteiger partial charge in [0, 0.05) is 51.5 Å². The first-order valence-electron chi connectivity index (χ1n) is 8.34. The molecule has 0 radical (unpaired) electrons. The molecule has 3 rings (SSSR count). The van der Waals surface area contributed by atoms with Crippen LogP contribution in [0.1, 0.15) is 35.2 Å². The number of methoxy groups -OCH3 is 1. The second-order valence-corrected chi connectivity index (χ2v) is 7.09. The van der Waals surface area contributed by atoms with E-state index >= 15 is 0 Å². The van der Waals surface area contributed by atoms with Crippen molar-refractivity contribution in [1.82, 2.24) is 15.0 Å². The van der Waals surface area contributed by atoms with Crippen LogP contribution in [0.3, 0.4) is 0 Å². The summed E-state index contributed by atoms with van der Waals surface area (Å²) in [4.78, 5) is 28.4. The van der Waals surface area contributed by atoms with Crippen LogP contribution >= 0.6 is 0 Å². The van der Waals surface area contributed by atoms with Gasteiger partial charge >= 0.3 is 0 Å². The minimum absolute atomic E-state index is 0.0291. The van der Waals surface area contributed by atoms with Gasteiger partial charge in [-0.1, -0.05) is 5.16 Å². The summed E-state index contributed by atoms with van der Waals surface area (Å²) in [7, 11) is 1.70. The number of carbonyl (C=O) groups excluding carboxylic acids is 2. The summed E-state index contributed by atoms with van der Waals surface area (Å²) < 4.78 is 10.6. The Hall–Kier alpha value is -1.89. The maximum absolute atomic E-state index is 12.9. The van der Waals surface area contributed by atoms with Crippen molar-refractivity contribution in [1.29, 1.82) is 0 Å². The van der Waals surface area contributed by atoms with Crippen LogP contribution in [0.2, 0.25) is 0 Å². The van der Waals surface area contributed by atoms with Crippen LogP contribution in [0, 0.1) is 25.2 Å². The minimum Gasteiger partial charge on any atom is -0.384 e. The number of hydrogen-bond acceptors (Lipinski definition) is 5. The Morgan fingerprint density at radius 3 is 2.62 bits per heavy atom. The van der Waals surface area contributed by atoms with Crippen molar-refractivity contribution in [3.05, 3.63) is 17.0 Å². The molecule has 132 valence electrons. The van der Waals surface area contributed by atoms with E-state index in [1.54, 1.807) is 27.9 Å². The summed E-state index contributed by atoms with van der Waals surface area (Å²) >= 11 is 0. The molecule has 2 aliphatic rings. The number of ether oxygens (including phenoxy) is 1. The standard InChI is InChI=1S/C17H25N3O4/c1-11-15(12(2)24-18-11)16(22)19-6-5-17(10-23-4)9-20(13(3)21)8-14(17)7-19/h14H,5-10H2,1-4H3/t14-,17+/m1/s1. The molecule has 24 heavy (non-hydrogen) atoms. The summed E-state index contributed by atoms with van der Waals surface area (Å²) in [5.74, 6) is 0.851. The highest BCUT2D eigenvalue weighted by atomic mass is 16.5. The quantitative estimate of drug-likeness (QED) is 0.831. The third-order valence-electron chi connectivity index (χ3n) is 5.54. The van der Waals surface area contributed by atoms with Gasteiger partial charge < -0.3 is 19.1 Å². The first kappa shape index (κ1) is 17.0. The lowest BCUT2D eigenvalue weighted by molar-refractivity contribution is -0.128. The van der Waals surface area contributed by atoms with Gasteiger partial charge in [0.2, 0.25) is 5.91 Å². The van der Waals surface area contributed by atoms with Crippen molar-refractivity contribution in [3.63, 3.8) is 0 Å². The highest BCUT2D eigenvalue weighted by Gasteiger charge is 2.51. The highest BCUT2D eigenvalue weighted by molar-refractivity contribution is 5.96. The maximum Gasteiger partial charge on any atom is 0.259 e. The van der Waals surface area contributed by atoms with Crippen molar-refractivity contribution < 1.29 is 18.8 Å². The number of rotatable bonds is 3. The van der Waals surface area contributed by atoms with Crippen molar-refractivity contribution in [3.8, 4) is 0 Å². The molecule has 1 aromatic rings. The van der Waals surface area contributed by atoms with E-state index < -0.39 is 0 Å². The third-order valence-corrected chi connectivity index (χ3v) is 5.54. The Morgan fingerprint density at radius 1 is 1.33 bits per heavy atom. The molecule has 3 heterocycles. The van der Waals surface area contributed by atoms with E-state index in [4.69, 9.17) is 9.26 Å². The van der Waals surface area contributed by atoms with E-state index in [-0.39, 0.29) is 23.1 Å². The lowest BCUT2D eigenvalue weighted by Crippen LogP contribution is -2.51. The summed E-state index contributed by atoms with van der Waals surface area (Å²) in [6, 6.07) is 0. The van der Waals surface area contributed by atoms with Crippen LogP contribution in [-0.2, 0) is 9.53 Å². The average Bonchev–Trinajstić information content (AvgIpc) is 3.07. The molecular weight excluding hydrogens is 310 g/mol. The summed E-state index contributed by atoms with van der Waals surface area (Å²) in [6.07, 6.45) is 0.838. The fourth-order valence-electron chi connectivity index (χ4n) is 4.18. The van der Waals surface area contributed by atoms with Crippen LogP contribution in [0.5, 0.6) is 0 Å². The van der Waals surface area contributed by atoms with Crippen molar-refractivity contribution in [2.45, 2.75) is 27.2 Å². The van der Waals surface area contributed by atoms with Crippen LogP contribution in [-0.4, -0.2) is 66.7 Å². The number of amides is 2. The molecule has 7 heteroatoms. The van der Waals surface area contributed by atoms with Crippen LogP contribution < -0.4 is 0 Å². The summed E-state index contributed by atoms with van der Waals surface area (Å²) in [5, 5.41) is 3.88. The Labute approximate surface area is 141 Å². The molecule has 0 unspecified atom stereocenters. The lowest BCUT2D eigenvalue weighted by atomic mass is 9.73. The minimum atomic E-state index is -0.0457. The zero-order valence-corrected chi connectivity index (χ0v) is 14.8. The monoisotopic (exact) mass is 335 g/mol. The Kier molecular flexibility index (Phi) is 4.38. The Bertz CT molecular complexity index is 637. The molecule has 2 fully saturated rings. The smallest absolute Gasteiger partial charge is 0.259 e. The van der Waals surface area contributed by atoms with Crippen LogP contribution in [0.15, 0.2) is 4.52 Å². The summed E-state index contributed by atoms with van der Waals surface area (Å²) in [5.41, 5.74) is 1.15. The molecule has 0 spiro atoms. The largest absolute Gasteiger partial charge is 0.384 e. The molecule has 0 saturated carbocycles. The van der Waals surface area contributed by atoms with Gasteiger partial charge in [-0.05, 0) is 20.3 Å². The summed E-state index contributed by atoms with van der Waals surface area (Å²) in [6.45, 7) is 8.47. The highest BCUT2D eigenvalue weighted by Crippen LogP contribution is 2.43. The topological polar surface area (TPSA) is 75.9 Å². The first-order chi connectivity index (χ1) is 11.4. The average molecular weight is 335 g/mol. The molecular formula is C17H25N3O4. The van der Waals surface area contributed by atoms with Crippen LogP contribution in [0.25, 0.3) is 0 Å². The van der Waals surface area contributed by atoms with E-state index in [9.17, 15) is 9.59 Å². The molecule has 0 bridgehead atoms. The van der Waals surface area contributed by atoms with Gasteiger partial charge in [0.25, 0.3) is 5.91 Å². The molecule has 2 amide bonds. The fourth-order valence-corrected chi connectivity index (χ4v) is 4.18. The molecule has 0 aliphatic carbocycles. The number of likely N-dealkylation sites (tertiary alicyclic amines) is 2. The second kappa shape index (κ2) is 6.20. The van der Waals surface area contributed by atoms with E-state index in [1.807, 2.05) is 9.80 Å². The molecule has 0 N–H and O–H groups in total. The number of aromatic nitrogens is 1. The number of piperidine rings is 1. The molecule has 7 nitrogen and oxygen atoms in total. The van der Waals surface area contributed by atoms with Gasteiger partial charge in [0.1, 0.15) is 11.3 Å². The number of aryl methyl sites for hydroxylation is 2. The number of carbonyl (C=O) groups is 2. The van der Waals surface area contributed by atoms with Gasteiger partial charge in [0.15, 0.2) is 0 Å². The van der Waals surface area contributed by atoms with E-state index in [0.29, 0.717) is 49.8 Å². The predicted octanol–water partition coefficient (Wildman–Crippen LogP) is 1.25. The van der Waals surface area contributed by atoms with Gasteiger partial charge in [-0.15, -0.1) is 0 Å². The first-order valence-corrected chi connectivity index (χ1v) is 8.34. The lowest BCUT2D eigenvalue weighted by Gasteiger charge is -2.42. The van der Waals surface area contributed by atoms with Gasteiger partial charge in [-0.2, -0.15) is 0 Å². The van der Waals surface area contributed by atoms with Crippen molar-refractivity contribution in [2.24, 2.45) is 11.3 Å². The zero-order valence-electron chi connectivity index (χ0n) is 14.8. The van der Waals surface area contributed by atoms with E-state index in [2.05, 4.69) is 5.16 Å².